The number of rotatable bonds is 15. The highest BCUT2D eigenvalue weighted by molar-refractivity contribution is 6.00. The number of hydrogen-bond donors (Lipinski definition) is 3. The molecule has 0 unspecified atom stereocenters. The minimum Gasteiger partial charge on any atom is -0.351 e. The van der Waals surface area contributed by atoms with Crippen molar-refractivity contribution in [2.45, 2.75) is 57.7 Å². The molecule has 4 N–H and O–H groups in total. The van der Waals surface area contributed by atoms with Crippen LogP contribution in [0.1, 0.15) is 49.6 Å². The number of aryl methyl sites for hydroxylation is 1. The lowest BCUT2D eigenvalue weighted by Crippen LogP contribution is -2.58. The number of carbonyl (C=O) groups excluding carboxylic acids is 4. The quantitative estimate of drug-likeness (QED) is 0.242. The highest BCUT2D eigenvalue weighted by Gasteiger charge is 2.43. The van der Waals surface area contributed by atoms with Crippen LogP contribution in [0.25, 0.3) is 0 Å². The second-order valence-electron chi connectivity index (χ2n) is 10.5. The lowest BCUT2D eigenvalue weighted by Gasteiger charge is -2.33. The Hall–Kier alpha value is -4.51. The van der Waals surface area contributed by atoms with E-state index in [1.54, 1.807) is 98.9 Å². The number of nitrogens with zero attached hydrogens (tertiary/aromatic N) is 2. The fourth-order valence-electron chi connectivity index (χ4n) is 4.67. The number of nitrogens with two attached hydrogens (primary N) is 1. The summed E-state index contributed by atoms with van der Waals surface area (Å²) in [6.45, 7) is 3.11. The first-order valence-electron chi connectivity index (χ1n) is 14.0. The van der Waals surface area contributed by atoms with E-state index >= 15 is 8.78 Å². The van der Waals surface area contributed by atoms with Gasteiger partial charge in [0.15, 0.2) is 0 Å². The number of halogens is 2. The molecule has 2 aromatic carbocycles. The summed E-state index contributed by atoms with van der Waals surface area (Å²) in [5.41, 5.74) is 7.29. The fourth-order valence-corrected chi connectivity index (χ4v) is 4.67. The number of Topliss-reactive ketones (excluding diaryl/α,β-unsaturated/α-hetero) is 1. The highest BCUT2D eigenvalue weighted by Crippen LogP contribution is 2.31. The number of benzene rings is 2. The van der Waals surface area contributed by atoms with Gasteiger partial charge < -0.3 is 16.4 Å². The molecule has 43 heavy (non-hydrogen) atoms. The summed E-state index contributed by atoms with van der Waals surface area (Å²) < 4.78 is 30.6. The molecule has 9 nitrogen and oxygen atoms in total. The van der Waals surface area contributed by atoms with E-state index in [-0.39, 0.29) is 25.9 Å². The van der Waals surface area contributed by atoms with Gasteiger partial charge in [0.05, 0.1) is 18.3 Å². The average Bonchev–Trinajstić information content (AvgIpc) is 2.99. The Labute approximate surface area is 249 Å². The molecule has 2 atom stereocenters. The second kappa shape index (κ2) is 15.6. The number of hydrogen-bond acceptors (Lipinski definition) is 6. The molecule has 1 heterocycles. The van der Waals surface area contributed by atoms with E-state index < -0.39 is 54.0 Å². The molecule has 0 spiro atoms. The first kappa shape index (κ1) is 33.0. The van der Waals surface area contributed by atoms with Gasteiger partial charge in [-0.2, -0.15) is 8.78 Å². The monoisotopic (exact) mass is 593 g/mol. The van der Waals surface area contributed by atoms with Crippen LogP contribution >= 0.6 is 0 Å². The van der Waals surface area contributed by atoms with Gasteiger partial charge in [0.25, 0.3) is 0 Å². The van der Waals surface area contributed by atoms with Gasteiger partial charge in [0.2, 0.25) is 17.6 Å². The molecule has 0 saturated carbocycles. The Balaban J connectivity index is 1.76. The van der Waals surface area contributed by atoms with Crippen LogP contribution in [0, 0.1) is 5.92 Å². The Morgan fingerprint density at radius 2 is 1.56 bits per heavy atom. The van der Waals surface area contributed by atoms with Crippen LogP contribution in [0.3, 0.4) is 0 Å². The Morgan fingerprint density at radius 1 is 0.930 bits per heavy atom. The normalized spacial score (nSPS) is 12.8. The molecule has 3 rings (SSSR count). The summed E-state index contributed by atoms with van der Waals surface area (Å²) >= 11 is 0. The van der Waals surface area contributed by atoms with Crippen molar-refractivity contribution in [2.24, 2.45) is 11.7 Å². The number of nitrogens with one attached hydrogen (secondary N) is 2. The molecule has 0 aliphatic carbocycles. The Kier molecular flexibility index (Phi) is 12.0. The van der Waals surface area contributed by atoms with E-state index in [4.69, 9.17) is 5.73 Å². The first-order chi connectivity index (χ1) is 20.5. The molecule has 4 amide bonds. The maximum atomic E-state index is 15.3. The zero-order valence-corrected chi connectivity index (χ0v) is 24.2. The minimum atomic E-state index is -3.76. The van der Waals surface area contributed by atoms with Gasteiger partial charge >= 0.3 is 12.0 Å². The van der Waals surface area contributed by atoms with Crippen molar-refractivity contribution in [3.8, 4) is 0 Å². The SMILES string of the molecule is CC(C)[C@@H](C(=O)N[C@@H](CC(F)(F)C(=O)CCc1ccccc1)c1ccccc1)N(C(N)=O)C(=O)CNCc1ccccn1. The number of aromatic nitrogens is 1. The predicted molar refractivity (Wildman–Crippen MR) is 158 cm³/mol. The molecule has 0 radical (unpaired) electrons. The lowest BCUT2D eigenvalue weighted by molar-refractivity contribution is -0.146. The largest absolute Gasteiger partial charge is 0.351 e. The number of pyridine rings is 1. The maximum Gasteiger partial charge on any atom is 0.322 e. The Bertz CT molecular complexity index is 1360. The van der Waals surface area contributed by atoms with Gasteiger partial charge in [-0.3, -0.25) is 24.3 Å². The third-order valence-corrected chi connectivity index (χ3v) is 6.86. The molecule has 1 aromatic heterocycles. The molecule has 228 valence electrons. The second-order valence-corrected chi connectivity index (χ2v) is 10.5. The van der Waals surface area contributed by atoms with Crippen LogP contribution in [0.4, 0.5) is 13.6 Å². The van der Waals surface area contributed by atoms with Crippen LogP contribution in [-0.4, -0.2) is 52.0 Å². The molecular formula is C32H37F2N5O4. The van der Waals surface area contributed by atoms with Crippen molar-refractivity contribution in [3.63, 3.8) is 0 Å². The van der Waals surface area contributed by atoms with E-state index in [1.165, 1.54) is 0 Å². The van der Waals surface area contributed by atoms with E-state index in [0.717, 1.165) is 5.56 Å². The zero-order chi connectivity index (χ0) is 31.4. The van der Waals surface area contributed by atoms with Crippen LogP contribution < -0.4 is 16.4 Å². The smallest absolute Gasteiger partial charge is 0.322 e. The number of alkyl halides is 2. The molecule has 0 saturated heterocycles. The highest BCUT2D eigenvalue weighted by atomic mass is 19.3. The summed E-state index contributed by atoms with van der Waals surface area (Å²) in [5.74, 6) is -7.25. The molecule has 0 aliphatic heterocycles. The van der Waals surface area contributed by atoms with E-state index in [1.807, 2.05) is 0 Å². The van der Waals surface area contributed by atoms with Crippen molar-refractivity contribution < 1.29 is 28.0 Å². The minimum absolute atomic E-state index is 0.150. The molecule has 0 bridgehead atoms. The molecule has 11 heteroatoms. The summed E-state index contributed by atoms with van der Waals surface area (Å²) in [4.78, 5) is 56.5. The van der Waals surface area contributed by atoms with Gasteiger partial charge in [-0.05, 0) is 35.6 Å². The van der Waals surface area contributed by atoms with Crippen molar-refractivity contribution in [3.05, 3.63) is 102 Å². The standard InChI is InChI=1S/C32H37F2N5O4/c1-22(2)29(39(31(35)43)28(41)21-36-20-25-15-9-10-18-37-25)30(42)38-26(24-13-7-4-8-14-24)19-32(33,34)27(40)17-16-23-11-5-3-6-12-23/h3-15,18,22,26,29,36H,16-17,19-21H2,1-2H3,(H2,35,43)(H,38,42)/t26-,29-/m0/s1. The number of carbonyl (C=O) groups is 4. The predicted octanol–water partition coefficient (Wildman–Crippen LogP) is 4.19. The molecule has 0 aliphatic rings. The van der Waals surface area contributed by atoms with Crippen LogP contribution in [0.15, 0.2) is 85.1 Å². The van der Waals surface area contributed by atoms with Crippen LogP contribution in [0.5, 0.6) is 0 Å². The summed E-state index contributed by atoms with van der Waals surface area (Å²) in [7, 11) is 0. The van der Waals surface area contributed by atoms with Gasteiger partial charge in [0, 0.05) is 25.6 Å². The molecular weight excluding hydrogens is 556 g/mol. The topological polar surface area (TPSA) is 134 Å². The average molecular weight is 594 g/mol. The number of urea groups is 1. The maximum absolute atomic E-state index is 15.3. The van der Waals surface area contributed by atoms with Crippen LogP contribution in [-0.2, 0) is 27.3 Å². The van der Waals surface area contributed by atoms with E-state index in [0.29, 0.717) is 16.2 Å². The number of primary amides is 1. The van der Waals surface area contributed by atoms with Crippen LogP contribution in [0.2, 0.25) is 0 Å². The van der Waals surface area contributed by atoms with Crippen molar-refractivity contribution >= 4 is 23.6 Å². The van der Waals surface area contributed by atoms with E-state index in [9.17, 15) is 19.2 Å². The third-order valence-electron chi connectivity index (χ3n) is 6.86. The zero-order valence-electron chi connectivity index (χ0n) is 24.2. The first-order valence-corrected chi connectivity index (χ1v) is 14.0. The van der Waals surface area contributed by atoms with Gasteiger partial charge in [0.1, 0.15) is 6.04 Å². The van der Waals surface area contributed by atoms with Crippen molar-refractivity contribution in [1.29, 1.82) is 0 Å². The number of ketones is 1. The summed E-state index contributed by atoms with van der Waals surface area (Å²) in [6, 6.07) is 18.3. The molecule has 0 fully saturated rings. The fraction of sp³-hybridized carbons (Fsp3) is 0.344. The van der Waals surface area contributed by atoms with E-state index in [2.05, 4.69) is 15.6 Å². The van der Waals surface area contributed by atoms with Gasteiger partial charge in [-0.1, -0.05) is 80.6 Å². The number of amides is 4. The van der Waals surface area contributed by atoms with Crippen molar-refractivity contribution in [1.82, 2.24) is 20.5 Å². The van der Waals surface area contributed by atoms with Gasteiger partial charge in [-0.15, -0.1) is 0 Å². The van der Waals surface area contributed by atoms with Crippen molar-refractivity contribution in [2.75, 3.05) is 6.54 Å². The lowest BCUT2D eigenvalue weighted by atomic mass is 9.94. The summed E-state index contributed by atoms with van der Waals surface area (Å²) in [6.07, 6.45) is 0.363. The number of imide groups is 1. The molecule has 3 aromatic rings. The Morgan fingerprint density at radius 3 is 2.14 bits per heavy atom. The third kappa shape index (κ3) is 9.78. The summed E-state index contributed by atoms with van der Waals surface area (Å²) in [5, 5.41) is 5.44. The van der Waals surface area contributed by atoms with Gasteiger partial charge in [-0.25, -0.2) is 4.79 Å².